The molecule has 1 atom stereocenters. The van der Waals surface area contributed by atoms with Gasteiger partial charge in [0.25, 0.3) is 6.01 Å². The van der Waals surface area contributed by atoms with Crippen molar-refractivity contribution in [2.45, 2.75) is 25.7 Å². The van der Waals surface area contributed by atoms with Crippen LogP contribution in [-0.2, 0) is 11.3 Å². The molecule has 1 unspecified atom stereocenters. The van der Waals surface area contributed by atoms with Crippen LogP contribution in [0.15, 0.2) is 28.9 Å². The van der Waals surface area contributed by atoms with E-state index in [0.29, 0.717) is 24.7 Å². The molecule has 1 saturated heterocycles. The maximum Gasteiger partial charge on any atom is 0.408 e. The standard InChI is InChI=1S/C16H16F3N5O2/c1-10-2-3-13-11(6-10)21-15(26-13)24-4-5-25-7-12(24)14-20-9-23(22-14)8-16(17,18)19/h2-3,6,9,12H,4-5,7-8H2,1H3. The number of anilines is 1. The predicted molar refractivity (Wildman–Crippen MR) is 85.7 cm³/mol. The van der Waals surface area contributed by atoms with E-state index in [1.54, 1.807) is 0 Å². The van der Waals surface area contributed by atoms with Gasteiger partial charge in [0.05, 0.1) is 13.2 Å². The van der Waals surface area contributed by atoms with Crippen LogP contribution in [-0.4, -0.2) is 45.7 Å². The Bertz CT molecular complexity index is 920. The first kappa shape index (κ1) is 16.8. The Kier molecular flexibility index (Phi) is 4.06. The molecule has 10 heteroatoms. The zero-order chi connectivity index (χ0) is 18.3. The average Bonchev–Trinajstić information content (AvgIpc) is 3.19. The summed E-state index contributed by atoms with van der Waals surface area (Å²) in [6, 6.07) is 5.59. The number of benzene rings is 1. The van der Waals surface area contributed by atoms with Gasteiger partial charge in [0.1, 0.15) is 24.4 Å². The second-order valence-corrected chi connectivity index (χ2v) is 6.17. The summed E-state index contributed by atoms with van der Waals surface area (Å²) in [5, 5.41) is 3.96. The molecule has 0 aliphatic carbocycles. The molecule has 0 amide bonds. The third kappa shape index (κ3) is 3.36. The Labute approximate surface area is 146 Å². The highest BCUT2D eigenvalue weighted by Crippen LogP contribution is 2.30. The number of aromatic nitrogens is 4. The summed E-state index contributed by atoms with van der Waals surface area (Å²) in [5.41, 5.74) is 2.43. The quantitative estimate of drug-likeness (QED) is 0.709. The van der Waals surface area contributed by atoms with Gasteiger partial charge in [-0.05, 0) is 24.6 Å². The Balaban J connectivity index is 1.63. The van der Waals surface area contributed by atoms with Gasteiger partial charge in [0.2, 0.25) is 0 Å². The predicted octanol–water partition coefficient (Wildman–Crippen LogP) is 2.87. The molecule has 7 nitrogen and oxygen atoms in total. The van der Waals surface area contributed by atoms with Gasteiger partial charge < -0.3 is 14.1 Å². The van der Waals surface area contributed by atoms with Crippen molar-refractivity contribution in [3.8, 4) is 0 Å². The monoisotopic (exact) mass is 367 g/mol. The molecule has 1 aromatic carbocycles. The first-order valence-electron chi connectivity index (χ1n) is 8.07. The molecule has 0 saturated carbocycles. The van der Waals surface area contributed by atoms with Crippen LogP contribution in [0.25, 0.3) is 11.1 Å². The lowest BCUT2D eigenvalue weighted by atomic mass is 10.2. The molecule has 1 fully saturated rings. The average molecular weight is 367 g/mol. The van der Waals surface area contributed by atoms with Crippen LogP contribution >= 0.6 is 0 Å². The van der Waals surface area contributed by atoms with Gasteiger partial charge in [-0.1, -0.05) is 6.07 Å². The number of aryl methyl sites for hydroxylation is 1. The number of morpholine rings is 1. The van der Waals surface area contributed by atoms with Gasteiger partial charge in [0, 0.05) is 6.54 Å². The Morgan fingerprint density at radius 3 is 2.96 bits per heavy atom. The van der Waals surface area contributed by atoms with E-state index >= 15 is 0 Å². The van der Waals surface area contributed by atoms with E-state index in [9.17, 15) is 13.2 Å². The first-order chi connectivity index (χ1) is 12.4. The van der Waals surface area contributed by atoms with Gasteiger partial charge in [-0.3, -0.25) is 0 Å². The summed E-state index contributed by atoms with van der Waals surface area (Å²) in [7, 11) is 0. The molecular formula is C16H16F3N5O2. The van der Waals surface area contributed by atoms with E-state index in [-0.39, 0.29) is 12.4 Å². The van der Waals surface area contributed by atoms with Gasteiger partial charge in [-0.15, -0.1) is 0 Å². The summed E-state index contributed by atoms with van der Waals surface area (Å²) in [4.78, 5) is 10.4. The van der Waals surface area contributed by atoms with E-state index in [1.165, 1.54) is 0 Å². The number of hydrogen-bond acceptors (Lipinski definition) is 6. The molecule has 1 aliphatic heterocycles. The lowest BCUT2D eigenvalue weighted by Crippen LogP contribution is -2.40. The van der Waals surface area contributed by atoms with Crippen LogP contribution in [0.5, 0.6) is 0 Å². The molecule has 138 valence electrons. The summed E-state index contributed by atoms with van der Waals surface area (Å²) in [6.07, 6.45) is -3.28. The van der Waals surface area contributed by atoms with Crippen molar-refractivity contribution in [1.82, 2.24) is 19.7 Å². The lowest BCUT2D eigenvalue weighted by molar-refractivity contribution is -0.142. The van der Waals surface area contributed by atoms with Crippen LogP contribution in [0, 0.1) is 6.92 Å². The van der Waals surface area contributed by atoms with Gasteiger partial charge in [0.15, 0.2) is 11.4 Å². The Morgan fingerprint density at radius 2 is 2.15 bits per heavy atom. The lowest BCUT2D eigenvalue weighted by Gasteiger charge is -2.32. The first-order valence-corrected chi connectivity index (χ1v) is 8.07. The van der Waals surface area contributed by atoms with E-state index in [2.05, 4.69) is 15.1 Å². The number of rotatable bonds is 3. The minimum atomic E-state index is -4.36. The van der Waals surface area contributed by atoms with Crippen LogP contribution in [0.4, 0.5) is 19.2 Å². The molecule has 1 aliphatic rings. The van der Waals surface area contributed by atoms with Crippen molar-refractivity contribution in [3.63, 3.8) is 0 Å². The topological polar surface area (TPSA) is 69.2 Å². The van der Waals surface area contributed by atoms with E-state index in [0.717, 1.165) is 22.1 Å². The molecule has 3 aromatic rings. The van der Waals surface area contributed by atoms with Crippen molar-refractivity contribution >= 4 is 17.1 Å². The third-order valence-corrected chi connectivity index (χ3v) is 4.10. The third-order valence-electron chi connectivity index (χ3n) is 4.10. The summed E-state index contributed by atoms with van der Waals surface area (Å²) in [6.45, 7) is 1.95. The fraction of sp³-hybridized carbons (Fsp3) is 0.438. The highest BCUT2D eigenvalue weighted by Gasteiger charge is 2.33. The van der Waals surface area contributed by atoms with Crippen LogP contribution < -0.4 is 4.90 Å². The smallest absolute Gasteiger partial charge is 0.408 e. The fourth-order valence-electron chi connectivity index (χ4n) is 2.92. The molecular weight excluding hydrogens is 351 g/mol. The van der Waals surface area contributed by atoms with Gasteiger partial charge >= 0.3 is 6.18 Å². The fourth-order valence-corrected chi connectivity index (χ4v) is 2.92. The molecule has 0 radical (unpaired) electrons. The van der Waals surface area contributed by atoms with Gasteiger partial charge in [-0.25, -0.2) is 9.67 Å². The highest BCUT2D eigenvalue weighted by atomic mass is 19.4. The number of fused-ring (bicyclic) bond motifs is 1. The molecule has 3 heterocycles. The number of oxazole rings is 1. The maximum absolute atomic E-state index is 12.5. The van der Waals surface area contributed by atoms with E-state index < -0.39 is 18.8 Å². The van der Waals surface area contributed by atoms with Crippen molar-refractivity contribution < 1.29 is 22.3 Å². The Hall–Kier alpha value is -2.62. The molecule has 26 heavy (non-hydrogen) atoms. The van der Waals surface area contributed by atoms with E-state index in [4.69, 9.17) is 9.15 Å². The van der Waals surface area contributed by atoms with E-state index in [1.807, 2.05) is 30.0 Å². The van der Waals surface area contributed by atoms with Crippen molar-refractivity contribution in [2.24, 2.45) is 0 Å². The molecule has 4 rings (SSSR count). The van der Waals surface area contributed by atoms with Crippen molar-refractivity contribution in [3.05, 3.63) is 35.9 Å². The minimum Gasteiger partial charge on any atom is -0.423 e. The number of ether oxygens (including phenoxy) is 1. The maximum atomic E-state index is 12.5. The SMILES string of the molecule is Cc1ccc2oc(N3CCOCC3c3ncn(CC(F)(F)F)n3)nc2c1. The van der Waals surface area contributed by atoms with Crippen LogP contribution in [0.2, 0.25) is 0 Å². The van der Waals surface area contributed by atoms with Crippen LogP contribution in [0.1, 0.15) is 17.4 Å². The largest absolute Gasteiger partial charge is 0.423 e. The summed E-state index contributed by atoms with van der Waals surface area (Å²) >= 11 is 0. The Morgan fingerprint density at radius 1 is 1.31 bits per heavy atom. The second-order valence-electron chi connectivity index (χ2n) is 6.17. The van der Waals surface area contributed by atoms with Crippen molar-refractivity contribution in [2.75, 3.05) is 24.7 Å². The second kappa shape index (κ2) is 6.27. The molecule has 0 bridgehead atoms. The summed E-state index contributed by atoms with van der Waals surface area (Å²) in [5.74, 6) is 0.243. The van der Waals surface area contributed by atoms with Crippen molar-refractivity contribution in [1.29, 1.82) is 0 Å². The van der Waals surface area contributed by atoms with Crippen LogP contribution in [0.3, 0.4) is 0 Å². The number of halogens is 3. The number of hydrogen-bond donors (Lipinski definition) is 0. The minimum absolute atomic E-state index is 0.243. The zero-order valence-corrected chi connectivity index (χ0v) is 13.9. The number of alkyl halides is 3. The zero-order valence-electron chi connectivity index (χ0n) is 13.9. The molecule has 2 aromatic heterocycles. The summed E-state index contributed by atoms with van der Waals surface area (Å²) < 4.78 is 49.7. The molecule has 0 N–H and O–H groups in total. The molecule has 0 spiro atoms. The highest BCUT2D eigenvalue weighted by molar-refractivity contribution is 5.75. The number of nitrogens with zero attached hydrogens (tertiary/aromatic N) is 5. The van der Waals surface area contributed by atoms with Gasteiger partial charge in [-0.2, -0.15) is 23.3 Å². The normalized spacial score (nSPS) is 18.6.